The number of aliphatic hydroxyl groups is 1. The minimum absolute atomic E-state index is 0.495. The van der Waals surface area contributed by atoms with Gasteiger partial charge in [-0.1, -0.05) is 43.1 Å². The van der Waals surface area contributed by atoms with E-state index in [-0.39, 0.29) is 0 Å². The second-order valence-corrected chi connectivity index (χ2v) is 5.81. The zero-order valence-corrected chi connectivity index (χ0v) is 12.9. The van der Waals surface area contributed by atoms with Crippen molar-refractivity contribution >= 4 is 0 Å². The average molecular weight is 260 g/mol. The van der Waals surface area contributed by atoms with Crippen molar-refractivity contribution in [2.45, 2.75) is 65.9 Å². The van der Waals surface area contributed by atoms with Gasteiger partial charge in [0.25, 0.3) is 0 Å². The van der Waals surface area contributed by atoms with Crippen molar-refractivity contribution in [2.75, 3.05) is 0 Å². The molecular formula is C18H28O. The van der Waals surface area contributed by atoms with Gasteiger partial charge in [0.1, 0.15) is 6.10 Å². The van der Waals surface area contributed by atoms with Crippen molar-refractivity contribution in [3.05, 3.63) is 23.3 Å². The maximum absolute atomic E-state index is 9.04. The maximum atomic E-state index is 9.04. The quantitative estimate of drug-likeness (QED) is 0.449. The van der Waals surface area contributed by atoms with Crippen LogP contribution >= 0.6 is 0 Å². The molecule has 0 bridgehead atoms. The summed E-state index contributed by atoms with van der Waals surface area (Å²) in [6.07, 6.45) is 9.84. The van der Waals surface area contributed by atoms with E-state index in [0.717, 1.165) is 31.1 Å². The number of aliphatic hydroxyl groups excluding tert-OH is 1. The van der Waals surface area contributed by atoms with Gasteiger partial charge in [0.05, 0.1) is 0 Å². The molecule has 3 unspecified atom stereocenters. The summed E-state index contributed by atoms with van der Waals surface area (Å²) in [7, 11) is 0. The molecule has 0 saturated heterocycles. The van der Waals surface area contributed by atoms with Crippen LogP contribution in [0.4, 0.5) is 0 Å². The van der Waals surface area contributed by atoms with Crippen molar-refractivity contribution < 1.29 is 5.11 Å². The lowest BCUT2D eigenvalue weighted by molar-refractivity contribution is 0.253. The molecule has 0 aliphatic heterocycles. The molecule has 0 heterocycles. The molecule has 0 radical (unpaired) electrons. The predicted molar refractivity (Wildman–Crippen MR) is 82.7 cm³/mol. The molecule has 1 nitrogen and oxygen atoms in total. The van der Waals surface area contributed by atoms with Crippen LogP contribution in [0.15, 0.2) is 23.3 Å². The smallest absolute Gasteiger partial charge is 0.111 e. The molecule has 0 aromatic rings. The van der Waals surface area contributed by atoms with E-state index >= 15 is 0 Å². The molecule has 0 aromatic carbocycles. The number of unbranched alkanes of at least 4 members (excludes halogenated alkanes) is 1. The summed E-state index contributed by atoms with van der Waals surface area (Å²) in [4.78, 5) is 0. The van der Waals surface area contributed by atoms with E-state index in [4.69, 9.17) is 5.11 Å². The fourth-order valence-corrected chi connectivity index (χ4v) is 2.59. The molecule has 1 aliphatic rings. The lowest BCUT2D eigenvalue weighted by Crippen LogP contribution is -2.00. The Hall–Kier alpha value is -1.00. The Labute approximate surface area is 118 Å². The molecule has 19 heavy (non-hydrogen) atoms. The summed E-state index contributed by atoms with van der Waals surface area (Å²) >= 11 is 0. The van der Waals surface area contributed by atoms with Gasteiger partial charge in [-0.2, -0.15) is 0 Å². The summed E-state index contributed by atoms with van der Waals surface area (Å²) in [5.41, 5.74) is 3.11. The second kappa shape index (κ2) is 8.23. The Morgan fingerprint density at radius 2 is 2.21 bits per heavy atom. The molecule has 1 saturated carbocycles. The molecule has 1 aliphatic carbocycles. The summed E-state index contributed by atoms with van der Waals surface area (Å²) < 4.78 is 0. The van der Waals surface area contributed by atoms with E-state index in [1.54, 1.807) is 12.5 Å². The van der Waals surface area contributed by atoms with Crippen molar-refractivity contribution in [1.82, 2.24) is 0 Å². The van der Waals surface area contributed by atoms with Crippen LogP contribution in [-0.2, 0) is 0 Å². The van der Waals surface area contributed by atoms with E-state index in [0.29, 0.717) is 0 Å². The number of hydrogen-bond donors (Lipinski definition) is 1. The Morgan fingerprint density at radius 3 is 2.84 bits per heavy atom. The van der Waals surface area contributed by atoms with Crippen LogP contribution in [0.25, 0.3) is 0 Å². The summed E-state index contributed by atoms with van der Waals surface area (Å²) in [6, 6.07) is 0. The Balaban J connectivity index is 2.44. The maximum Gasteiger partial charge on any atom is 0.111 e. The van der Waals surface area contributed by atoms with Gasteiger partial charge in [-0.05, 0) is 51.4 Å². The fraction of sp³-hybridized carbons (Fsp3) is 0.667. The SMILES string of the molecule is CC/C(C)=C/C1C/C(=C\CCC#CC(C)O)CC1C. The van der Waals surface area contributed by atoms with Crippen LogP contribution in [-0.4, -0.2) is 11.2 Å². The van der Waals surface area contributed by atoms with E-state index < -0.39 is 6.10 Å². The lowest BCUT2D eigenvalue weighted by Gasteiger charge is -2.10. The minimum Gasteiger partial charge on any atom is -0.381 e. The molecule has 1 fully saturated rings. The molecule has 1 rings (SSSR count). The number of rotatable bonds is 4. The summed E-state index contributed by atoms with van der Waals surface area (Å²) in [5.74, 6) is 7.31. The first kappa shape index (κ1) is 16.1. The molecule has 0 amide bonds. The van der Waals surface area contributed by atoms with Crippen molar-refractivity contribution in [3.8, 4) is 11.8 Å². The van der Waals surface area contributed by atoms with Gasteiger partial charge >= 0.3 is 0 Å². The highest BCUT2D eigenvalue weighted by molar-refractivity contribution is 5.16. The highest BCUT2D eigenvalue weighted by Gasteiger charge is 2.24. The van der Waals surface area contributed by atoms with E-state index in [9.17, 15) is 0 Å². The van der Waals surface area contributed by atoms with Crippen LogP contribution in [0.1, 0.15) is 59.8 Å². The zero-order chi connectivity index (χ0) is 14.3. The minimum atomic E-state index is -0.495. The van der Waals surface area contributed by atoms with Crippen molar-refractivity contribution in [1.29, 1.82) is 0 Å². The van der Waals surface area contributed by atoms with Crippen molar-refractivity contribution in [2.24, 2.45) is 11.8 Å². The van der Waals surface area contributed by atoms with Gasteiger partial charge in [0.2, 0.25) is 0 Å². The van der Waals surface area contributed by atoms with Gasteiger partial charge in [-0.25, -0.2) is 0 Å². The van der Waals surface area contributed by atoms with Crippen LogP contribution in [0.2, 0.25) is 0 Å². The van der Waals surface area contributed by atoms with Crippen molar-refractivity contribution in [3.63, 3.8) is 0 Å². The third-order valence-corrected chi connectivity index (χ3v) is 3.88. The van der Waals surface area contributed by atoms with Crippen LogP contribution in [0.3, 0.4) is 0 Å². The Kier molecular flexibility index (Phi) is 6.95. The molecular weight excluding hydrogens is 232 g/mol. The fourth-order valence-electron chi connectivity index (χ4n) is 2.59. The van der Waals surface area contributed by atoms with Gasteiger partial charge in [0, 0.05) is 6.42 Å². The predicted octanol–water partition coefficient (Wildman–Crippen LogP) is 4.48. The number of hydrogen-bond acceptors (Lipinski definition) is 1. The molecule has 3 atom stereocenters. The third kappa shape index (κ3) is 6.12. The van der Waals surface area contributed by atoms with Crippen LogP contribution in [0, 0.1) is 23.7 Å². The van der Waals surface area contributed by atoms with Crippen LogP contribution < -0.4 is 0 Å². The Bertz CT molecular complexity index is 390. The first-order valence-corrected chi connectivity index (χ1v) is 7.54. The van der Waals surface area contributed by atoms with E-state index in [2.05, 4.69) is 44.8 Å². The third-order valence-electron chi connectivity index (χ3n) is 3.88. The first-order valence-electron chi connectivity index (χ1n) is 7.54. The summed E-state index contributed by atoms with van der Waals surface area (Å²) in [6.45, 7) is 8.53. The van der Waals surface area contributed by atoms with Gasteiger partial charge in [-0.3, -0.25) is 0 Å². The average Bonchev–Trinajstić information content (AvgIpc) is 2.69. The topological polar surface area (TPSA) is 20.2 Å². The molecule has 0 spiro atoms. The van der Waals surface area contributed by atoms with Gasteiger partial charge < -0.3 is 5.11 Å². The van der Waals surface area contributed by atoms with E-state index in [1.165, 1.54) is 18.4 Å². The highest BCUT2D eigenvalue weighted by Crippen LogP contribution is 2.37. The second-order valence-electron chi connectivity index (χ2n) is 5.81. The summed E-state index contributed by atoms with van der Waals surface area (Å²) in [5, 5.41) is 9.04. The highest BCUT2D eigenvalue weighted by atomic mass is 16.3. The molecule has 1 heteroatoms. The molecule has 0 aromatic heterocycles. The lowest BCUT2D eigenvalue weighted by atomic mass is 9.95. The Morgan fingerprint density at radius 1 is 1.47 bits per heavy atom. The largest absolute Gasteiger partial charge is 0.381 e. The van der Waals surface area contributed by atoms with Crippen LogP contribution in [0.5, 0.6) is 0 Å². The normalized spacial score (nSPS) is 27.2. The first-order chi connectivity index (χ1) is 9.02. The standard InChI is InChI=1S/C18H28O/c1-5-14(2)11-18-13-17(12-15(18)3)10-8-6-7-9-16(4)19/h10-11,15-16,18-19H,5-6,8,12-13H2,1-4H3/b14-11+,17-10-. The molecule has 1 N–H and O–H groups in total. The number of allylic oxidation sites excluding steroid dienone is 4. The van der Waals surface area contributed by atoms with Gasteiger partial charge in [0.15, 0.2) is 0 Å². The van der Waals surface area contributed by atoms with E-state index in [1.807, 2.05) is 0 Å². The molecule has 106 valence electrons. The zero-order valence-electron chi connectivity index (χ0n) is 12.9. The van der Waals surface area contributed by atoms with Gasteiger partial charge in [-0.15, -0.1) is 5.92 Å². The monoisotopic (exact) mass is 260 g/mol.